The van der Waals surface area contributed by atoms with E-state index in [0.29, 0.717) is 5.03 Å². The van der Waals surface area contributed by atoms with Crippen LogP contribution in [0.1, 0.15) is 33.1 Å². The first kappa shape index (κ1) is 9.70. The molecule has 0 radical (unpaired) electrons. The molecule has 0 saturated carbocycles. The molecular weight excluding hydrogens is 148 g/mol. The minimum absolute atomic E-state index is 0.0437. The molecule has 0 rings (SSSR count). The zero-order chi connectivity index (χ0) is 7.98. The second kappa shape index (κ2) is 5.48. The Hall–Kier alpha value is -0.300. The minimum atomic E-state index is -0.0437. The van der Waals surface area contributed by atoms with Gasteiger partial charge in [-0.15, -0.1) is 0 Å². The van der Waals surface area contributed by atoms with Crippen LogP contribution in [0.15, 0.2) is 11.1 Å². The highest BCUT2D eigenvalue weighted by Gasteiger charge is 1.95. The molecule has 0 unspecified atom stereocenters. The van der Waals surface area contributed by atoms with Gasteiger partial charge in [-0.05, 0) is 6.42 Å². The summed E-state index contributed by atoms with van der Waals surface area (Å²) in [5.74, 6) is -0.0437. The zero-order valence-electron chi connectivity index (χ0n) is 6.48. The van der Waals surface area contributed by atoms with Gasteiger partial charge in [-0.25, -0.2) is 0 Å². The van der Waals surface area contributed by atoms with Crippen molar-refractivity contribution in [3.8, 4) is 0 Å². The molecule has 0 aromatic heterocycles. The van der Waals surface area contributed by atoms with Crippen molar-refractivity contribution < 1.29 is 4.79 Å². The lowest BCUT2D eigenvalue weighted by Crippen LogP contribution is -1.87. The van der Waals surface area contributed by atoms with E-state index in [2.05, 4.69) is 6.92 Å². The number of Topliss-reactive ketones (excluding diaryl/α,β-unsaturated/α-hetero) is 1. The Kier molecular flexibility index (Phi) is 5.32. The van der Waals surface area contributed by atoms with Crippen LogP contribution >= 0.6 is 11.6 Å². The van der Waals surface area contributed by atoms with Gasteiger partial charge in [-0.2, -0.15) is 0 Å². The summed E-state index contributed by atoms with van der Waals surface area (Å²) in [5, 5.41) is 0.369. The summed E-state index contributed by atoms with van der Waals surface area (Å²) in [5.41, 5.74) is 0. The predicted octanol–water partition coefficient (Wildman–Crippen LogP) is 2.89. The molecule has 0 spiro atoms. The summed E-state index contributed by atoms with van der Waals surface area (Å²) in [4.78, 5) is 10.5. The monoisotopic (exact) mass is 160 g/mol. The van der Waals surface area contributed by atoms with Crippen molar-refractivity contribution in [1.29, 1.82) is 0 Å². The Balaban J connectivity index is 3.58. The van der Waals surface area contributed by atoms with Gasteiger partial charge in [0.15, 0.2) is 5.78 Å². The van der Waals surface area contributed by atoms with Gasteiger partial charge in [0.25, 0.3) is 0 Å². The fourth-order valence-electron chi connectivity index (χ4n) is 0.577. The van der Waals surface area contributed by atoms with Crippen molar-refractivity contribution in [3.63, 3.8) is 0 Å². The van der Waals surface area contributed by atoms with E-state index in [1.807, 2.05) is 0 Å². The van der Waals surface area contributed by atoms with Crippen LogP contribution in [0, 0.1) is 0 Å². The summed E-state index contributed by atoms with van der Waals surface area (Å²) in [6.07, 6.45) is 4.93. The third-order valence-electron chi connectivity index (χ3n) is 1.22. The number of allylic oxidation sites excluding steroid dienone is 2. The van der Waals surface area contributed by atoms with Crippen LogP contribution in [-0.4, -0.2) is 5.78 Å². The van der Waals surface area contributed by atoms with E-state index in [-0.39, 0.29) is 5.78 Å². The third kappa shape index (κ3) is 4.57. The largest absolute Gasteiger partial charge is 0.294 e. The molecule has 0 bridgehead atoms. The van der Waals surface area contributed by atoms with Crippen molar-refractivity contribution in [2.45, 2.75) is 33.1 Å². The molecule has 2 heteroatoms. The third-order valence-corrected chi connectivity index (χ3v) is 1.64. The lowest BCUT2D eigenvalue weighted by atomic mass is 10.2. The van der Waals surface area contributed by atoms with Gasteiger partial charge in [0.1, 0.15) is 0 Å². The summed E-state index contributed by atoms with van der Waals surface area (Å²) in [7, 11) is 0. The van der Waals surface area contributed by atoms with Crippen LogP contribution in [0.2, 0.25) is 0 Å². The van der Waals surface area contributed by atoms with Crippen LogP contribution in [-0.2, 0) is 4.79 Å². The summed E-state index contributed by atoms with van der Waals surface area (Å²) in [6, 6.07) is 0. The van der Waals surface area contributed by atoms with Crippen LogP contribution < -0.4 is 0 Å². The Morgan fingerprint density at radius 1 is 1.60 bits per heavy atom. The predicted molar refractivity (Wildman–Crippen MR) is 44.1 cm³/mol. The standard InChI is InChI=1S/C8H13ClO/c1-3-4-5-6-8(9)7(2)10/h6H,3-5H2,1-2H3/b8-6+. The van der Waals surface area contributed by atoms with E-state index in [1.165, 1.54) is 6.92 Å². The lowest BCUT2D eigenvalue weighted by Gasteiger charge is -1.90. The van der Waals surface area contributed by atoms with Crippen molar-refractivity contribution in [2.75, 3.05) is 0 Å². The second-order valence-corrected chi connectivity index (χ2v) is 2.66. The SMILES string of the molecule is CCCC/C=C(/Cl)C(C)=O. The van der Waals surface area contributed by atoms with Gasteiger partial charge in [0.05, 0.1) is 5.03 Å². The summed E-state index contributed by atoms with van der Waals surface area (Å²) >= 11 is 5.56. The molecule has 0 N–H and O–H groups in total. The molecule has 10 heavy (non-hydrogen) atoms. The minimum Gasteiger partial charge on any atom is -0.294 e. The summed E-state index contributed by atoms with van der Waals surface area (Å²) in [6.45, 7) is 3.58. The molecular formula is C8H13ClO. The number of unbranched alkanes of at least 4 members (excludes halogenated alkanes) is 2. The van der Waals surface area contributed by atoms with E-state index in [1.54, 1.807) is 6.08 Å². The molecule has 0 heterocycles. The fourth-order valence-corrected chi connectivity index (χ4v) is 0.686. The quantitative estimate of drug-likeness (QED) is 0.457. The van der Waals surface area contributed by atoms with Gasteiger partial charge >= 0.3 is 0 Å². The van der Waals surface area contributed by atoms with E-state index in [9.17, 15) is 4.79 Å². The molecule has 0 aliphatic carbocycles. The summed E-state index contributed by atoms with van der Waals surface area (Å²) < 4.78 is 0. The number of hydrogen-bond donors (Lipinski definition) is 0. The number of carbonyl (C=O) groups is 1. The first-order valence-electron chi connectivity index (χ1n) is 3.55. The molecule has 0 aliphatic rings. The van der Waals surface area contributed by atoms with Gasteiger partial charge < -0.3 is 0 Å². The van der Waals surface area contributed by atoms with Crippen LogP contribution in [0.4, 0.5) is 0 Å². The Morgan fingerprint density at radius 2 is 2.20 bits per heavy atom. The second-order valence-electron chi connectivity index (χ2n) is 2.25. The van der Waals surface area contributed by atoms with Crippen molar-refractivity contribution in [2.24, 2.45) is 0 Å². The van der Waals surface area contributed by atoms with E-state index in [0.717, 1.165) is 19.3 Å². The number of rotatable bonds is 4. The maximum atomic E-state index is 10.5. The highest BCUT2D eigenvalue weighted by Crippen LogP contribution is 2.06. The maximum Gasteiger partial charge on any atom is 0.170 e. The first-order chi connectivity index (χ1) is 4.68. The van der Waals surface area contributed by atoms with Gasteiger partial charge in [-0.1, -0.05) is 37.4 Å². The molecule has 1 nitrogen and oxygen atoms in total. The van der Waals surface area contributed by atoms with Gasteiger partial charge in [0, 0.05) is 6.92 Å². The molecule has 0 aliphatic heterocycles. The molecule has 0 saturated heterocycles. The van der Waals surface area contributed by atoms with Crippen LogP contribution in [0.5, 0.6) is 0 Å². The number of halogens is 1. The molecule has 0 amide bonds. The highest BCUT2D eigenvalue weighted by molar-refractivity contribution is 6.42. The smallest absolute Gasteiger partial charge is 0.170 e. The molecule has 0 atom stereocenters. The molecule has 0 fully saturated rings. The molecule has 0 aromatic rings. The molecule has 58 valence electrons. The van der Waals surface area contributed by atoms with Crippen molar-refractivity contribution >= 4 is 17.4 Å². The van der Waals surface area contributed by atoms with E-state index in [4.69, 9.17) is 11.6 Å². The van der Waals surface area contributed by atoms with Crippen LogP contribution in [0.25, 0.3) is 0 Å². The Bertz CT molecular complexity index is 138. The highest BCUT2D eigenvalue weighted by atomic mass is 35.5. The normalized spacial score (nSPS) is 11.7. The lowest BCUT2D eigenvalue weighted by molar-refractivity contribution is -0.113. The van der Waals surface area contributed by atoms with E-state index >= 15 is 0 Å². The Morgan fingerprint density at radius 3 is 2.60 bits per heavy atom. The fraction of sp³-hybridized carbons (Fsp3) is 0.625. The zero-order valence-corrected chi connectivity index (χ0v) is 7.24. The van der Waals surface area contributed by atoms with Crippen LogP contribution in [0.3, 0.4) is 0 Å². The van der Waals surface area contributed by atoms with Crippen molar-refractivity contribution in [1.82, 2.24) is 0 Å². The van der Waals surface area contributed by atoms with Crippen molar-refractivity contribution in [3.05, 3.63) is 11.1 Å². The van der Waals surface area contributed by atoms with Gasteiger partial charge in [0.2, 0.25) is 0 Å². The number of ketones is 1. The average Bonchev–Trinajstić information content (AvgIpc) is 1.88. The van der Waals surface area contributed by atoms with Gasteiger partial charge in [-0.3, -0.25) is 4.79 Å². The number of hydrogen-bond acceptors (Lipinski definition) is 1. The molecule has 0 aromatic carbocycles. The number of carbonyl (C=O) groups excluding carboxylic acids is 1. The first-order valence-corrected chi connectivity index (χ1v) is 3.93. The maximum absolute atomic E-state index is 10.5. The topological polar surface area (TPSA) is 17.1 Å². The Labute approximate surface area is 67.1 Å². The average molecular weight is 161 g/mol. The van der Waals surface area contributed by atoms with E-state index < -0.39 is 0 Å².